The molecule has 8 heteroatoms. The van der Waals surface area contributed by atoms with Crippen LogP contribution in [-0.2, 0) is 18.3 Å². The van der Waals surface area contributed by atoms with Gasteiger partial charge in [0.05, 0.1) is 38.1 Å². The second kappa shape index (κ2) is 8.73. The van der Waals surface area contributed by atoms with E-state index < -0.39 is 0 Å². The number of carbonyl (C=O) groups excluding carboxylic acids is 1. The molecule has 1 amide bonds. The van der Waals surface area contributed by atoms with Crippen LogP contribution in [0.4, 0.5) is 5.82 Å². The average Bonchev–Trinajstić information content (AvgIpc) is 3.33. The summed E-state index contributed by atoms with van der Waals surface area (Å²) in [7, 11) is 3.45. The van der Waals surface area contributed by atoms with Crippen molar-refractivity contribution in [1.29, 1.82) is 0 Å². The molecule has 0 atom stereocenters. The van der Waals surface area contributed by atoms with Crippen molar-refractivity contribution in [2.75, 3.05) is 38.7 Å². The van der Waals surface area contributed by atoms with Crippen LogP contribution in [0.3, 0.4) is 0 Å². The summed E-state index contributed by atoms with van der Waals surface area (Å²) in [6.07, 6.45) is 1.50. The zero-order valence-electron chi connectivity index (χ0n) is 17.5. The van der Waals surface area contributed by atoms with Crippen LogP contribution < -0.4 is 10.1 Å². The Morgan fingerprint density at radius 2 is 1.97 bits per heavy atom. The number of hydrogen-bond acceptors (Lipinski definition) is 6. The van der Waals surface area contributed by atoms with Gasteiger partial charge in [0.25, 0.3) is 5.91 Å². The van der Waals surface area contributed by atoms with E-state index in [1.165, 1.54) is 6.26 Å². The van der Waals surface area contributed by atoms with Crippen molar-refractivity contribution >= 4 is 11.7 Å². The number of carbonyl (C=O) groups is 1. The smallest absolute Gasteiger partial charge is 0.260 e. The van der Waals surface area contributed by atoms with Gasteiger partial charge in [0.2, 0.25) is 0 Å². The number of rotatable bonds is 6. The third-order valence-corrected chi connectivity index (χ3v) is 5.23. The maximum atomic E-state index is 12.9. The number of aryl methyl sites for hydroxylation is 2. The molecule has 0 bridgehead atoms. The number of methoxy groups -OCH3 is 1. The van der Waals surface area contributed by atoms with Crippen molar-refractivity contribution in [2.45, 2.75) is 13.5 Å². The fourth-order valence-corrected chi connectivity index (χ4v) is 3.65. The van der Waals surface area contributed by atoms with Crippen molar-refractivity contribution in [1.82, 2.24) is 14.7 Å². The molecule has 158 valence electrons. The molecule has 3 heterocycles. The lowest BCUT2D eigenvalue weighted by Gasteiger charge is -2.25. The number of nitrogens with zero attached hydrogens (tertiary/aromatic N) is 3. The molecule has 1 fully saturated rings. The third-order valence-electron chi connectivity index (χ3n) is 5.23. The number of aromatic nitrogens is 2. The number of anilines is 1. The summed E-state index contributed by atoms with van der Waals surface area (Å²) < 4.78 is 17.9. The Hall–Kier alpha value is -3.10. The summed E-state index contributed by atoms with van der Waals surface area (Å²) in [6, 6.07) is 9.48. The highest BCUT2D eigenvalue weighted by Gasteiger charge is 2.20. The SMILES string of the molecule is COc1ccc(-c2c(C)nn(C)c2NC(=O)c2coc(CN3CCOCC3)c2)cc1. The maximum Gasteiger partial charge on any atom is 0.260 e. The minimum absolute atomic E-state index is 0.232. The van der Waals surface area contributed by atoms with Crippen LogP contribution in [0.2, 0.25) is 0 Å². The summed E-state index contributed by atoms with van der Waals surface area (Å²) in [5, 5.41) is 7.48. The van der Waals surface area contributed by atoms with Gasteiger partial charge in [0.15, 0.2) is 0 Å². The standard InChI is InChI=1S/C22H26N4O4/c1-15-20(16-4-6-18(28-3)7-5-16)21(25(2)24-15)23-22(27)17-12-19(30-14-17)13-26-8-10-29-11-9-26/h4-7,12,14H,8-11,13H2,1-3H3,(H,23,27). The maximum absolute atomic E-state index is 12.9. The minimum Gasteiger partial charge on any atom is -0.497 e. The van der Waals surface area contributed by atoms with Gasteiger partial charge >= 0.3 is 0 Å². The monoisotopic (exact) mass is 410 g/mol. The first kappa shape index (κ1) is 20.2. The van der Waals surface area contributed by atoms with Gasteiger partial charge in [-0.15, -0.1) is 0 Å². The quantitative estimate of drug-likeness (QED) is 0.673. The van der Waals surface area contributed by atoms with E-state index in [-0.39, 0.29) is 5.91 Å². The largest absolute Gasteiger partial charge is 0.497 e. The second-order valence-corrected chi connectivity index (χ2v) is 7.31. The zero-order valence-corrected chi connectivity index (χ0v) is 17.5. The van der Waals surface area contributed by atoms with Crippen molar-refractivity contribution < 1.29 is 18.7 Å². The topological polar surface area (TPSA) is 81.8 Å². The Morgan fingerprint density at radius 3 is 2.67 bits per heavy atom. The summed E-state index contributed by atoms with van der Waals surface area (Å²) >= 11 is 0. The van der Waals surface area contributed by atoms with Gasteiger partial charge < -0.3 is 19.2 Å². The van der Waals surface area contributed by atoms with E-state index in [9.17, 15) is 4.79 Å². The fraction of sp³-hybridized carbons (Fsp3) is 0.364. The van der Waals surface area contributed by atoms with E-state index in [0.29, 0.717) is 17.9 Å². The molecule has 1 aromatic carbocycles. The van der Waals surface area contributed by atoms with Crippen LogP contribution in [0.1, 0.15) is 21.8 Å². The van der Waals surface area contributed by atoms with Gasteiger partial charge in [0.1, 0.15) is 23.6 Å². The first-order valence-corrected chi connectivity index (χ1v) is 9.92. The molecule has 3 aromatic rings. The summed E-state index contributed by atoms with van der Waals surface area (Å²) in [5.74, 6) is 1.94. The summed E-state index contributed by atoms with van der Waals surface area (Å²) in [4.78, 5) is 15.1. The molecule has 0 unspecified atom stereocenters. The molecular formula is C22H26N4O4. The summed E-state index contributed by atoms with van der Waals surface area (Å²) in [5.41, 5.74) is 3.15. The highest BCUT2D eigenvalue weighted by Crippen LogP contribution is 2.32. The highest BCUT2D eigenvalue weighted by atomic mass is 16.5. The zero-order chi connectivity index (χ0) is 21.1. The van der Waals surface area contributed by atoms with E-state index in [1.54, 1.807) is 17.9 Å². The first-order chi connectivity index (χ1) is 14.5. The number of benzene rings is 1. The molecule has 4 rings (SSSR count). The van der Waals surface area contributed by atoms with E-state index in [0.717, 1.165) is 54.6 Å². The van der Waals surface area contributed by atoms with Gasteiger partial charge in [-0.1, -0.05) is 12.1 Å². The van der Waals surface area contributed by atoms with Crippen LogP contribution in [0, 0.1) is 6.92 Å². The molecule has 0 aliphatic carbocycles. The first-order valence-electron chi connectivity index (χ1n) is 9.92. The van der Waals surface area contributed by atoms with Crippen LogP contribution in [0.5, 0.6) is 5.75 Å². The molecule has 0 saturated carbocycles. The summed E-state index contributed by atoms with van der Waals surface area (Å²) in [6.45, 7) is 5.76. The Morgan fingerprint density at radius 1 is 1.23 bits per heavy atom. The number of morpholine rings is 1. The van der Waals surface area contributed by atoms with Gasteiger partial charge in [-0.25, -0.2) is 0 Å². The Bertz CT molecular complexity index is 1020. The lowest BCUT2D eigenvalue weighted by Crippen LogP contribution is -2.35. The third kappa shape index (κ3) is 4.24. The van der Waals surface area contributed by atoms with Crippen LogP contribution >= 0.6 is 0 Å². The fourth-order valence-electron chi connectivity index (χ4n) is 3.65. The highest BCUT2D eigenvalue weighted by molar-refractivity contribution is 6.05. The Kier molecular flexibility index (Phi) is 5.87. The predicted molar refractivity (Wildman–Crippen MR) is 113 cm³/mol. The number of ether oxygens (including phenoxy) is 2. The van der Waals surface area contributed by atoms with Crippen molar-refractivity contribution in [3.05, 3.63) is 53.6 Å². The second-order valence-electron chi connectivity index (χ2n) is 7.31. The number of nitrogens with one attached hydrogen (secondary N) is 1. The van der Waals surface area contributed by atoms with Gasteiger partial charge in [0, 0.05) is 25.7 Å². The number of furan rings is 1. The molecule has 1 aliphatic rings. The lowest BCUT2D eigenvalue weighted by atomic mass is 10.1. The van der Waals surface area contributed by atoms with Crippen molar-refractivity contribution in [2.24, 2.45) is 7.05 Å². The minimum atomic E-state index is -0.232. The van der Waals surface area contributed by atoms with Crippen molar-refractivity contribution in [3.8, 4) is 16.9 Å². The predicted octanol–water partition coefficient (Wildman–Crippen LogP) is 3.08. The number of amides is 1. The lowest BCUT2D eigenvalue weighted by molar-refractivity contribution is 0.0313. The van der Waals surface area contributed by atoms with E-state index in [1.807, 2.05) is 38.2 Å². The normalized spacial score (nSPS) is 14.6. The molecule has 0 radical (unpaired) electrons. The molecular weight excluding hydrogens is 384 g/mol. The molecule has 1 saturated heterocycles. The van der Waals surface area contributed by atoms with Gasteiger partial charge in [-0.3, -0.25) is 14.4 Å². The van der Waals surface area contributed by atoms with E-state index >= 15 is 0 Å². The average molecular weight is 410 g/mol. The van der Waals surface area contributed by atoms with Crippen LogP contribution in [0.15, 0.2) is 41.0 Å². The molecule has 0 spiro atoms. The molecule has 8 nitrogen and oxygen atoms in total. The Labute approximate surface area is 175 Å². The number of hydrogen-bond donors (Lipinski definition) is 1. The molecule has 1 N–H and O–H groups in total. The van der Waals surface area contributed by atoms with Crippen LogP contribution in [0.25, 0.3) is 11.1 Å². The van der Waals surface area contributed by atoms with Crippen LogP contribution in [-0.4, -0.2) is 54.0 Å². The molecule has 1 aliphatic heterocycles. The van der Waals surface area contributed by atoms with E-state index in [2.05, 4.69) is 15.3 Å². The van der Waals surface area contributed by atoms with Gasteiger partial charge in [-0.05, 0) is 30.7 Å². The Balaban J connectivity index is 1.52. The molecule has 30 heavy (non-hydrogen) atoms. The van der Waals surface area contributed by atoms with Gasteiger partial charge in [-0.2, -0.15) is 5.10 Å². The molecule has 2 aromatic heterocycles. The van der Waals surface area contributed by atoms with E-state index in [4.69, 9.17) is 13.9 Å². The van der Waals surface area contributed by atoms with Crippen molar-refractivity contribution in [3.63, 3.8) is 0 Å².